The van der Waals surface area contributed by atoms with E-state index in [1.165, 1.54) is 0 Å². The molecule has 2 aromatic carbocycles. The summed E-state index contributed by atoms with van der Waals surface area (Å²) in [5.41, 5.74) is 1.89. The van der Waals surface area contributed by atoms with Gasteiger partial charge in [-0.25, -0.2) is 0 Å². The summed E-state index contributed by atoms with van der Waals surface area (Å²) in [5.74, 6) is 0.222. The zero-order chi connectivity index (χ0) is 18.4. The van der Waals surface area contributed by atoms with E-state index in [9.17, 15) is 4.79 Å². The number of halogens is 1. The minimum absolute atomic E-state index is 0.239. The van der Waals surface area contributed by atoms with Crippen LogP contribution in [0.1, 0.15) is 18.1 Å². The van der Waals surface area contributed by atoms with Gasteiger partial charge in [0.2, 0.25) is 0 Å². The zero-order valence-corrected chi connectivity index (χ0v) is 15.0. The fourth-order valence-electron chi connectivity index (χ4n) is 2.49. The van der Waals surface area contributed by atoms with Crippen LogP contribution in [0.4, 0.5) is 5.69 Å². The summed E-state index contributed by atoms with van der Waals surface area (Å²) < 4.78 is 10.4. The number of carbonyl (C=O) groups is 1. The van der Waals surface area contributed by atoms with Gasteiger partial charge in [-0.05, 0) is 23.8 Å². The highest BCUT2D eigenvalue weighted by Gasteiger charge is 2.27. The predicted octanol–water partition coefficient (Wildman–Crippen LogP) is 3.82. The molecular formula is C19H19ClN2O4. The van der Waals surface area contributed by atoms with Crippen LogP contribution in [0.25, 0.3) is 0 Å². The smallest absolute Gasteiger partial charge is 0.273 e. The van der Waals surface area contributed by atoms with E-state index in [4.69, 9.17) is 25.9 Å². The number of methoxy groups -OCH3 is 1. The molecule has 2 aromatic rings. The molecule has 0 saturated carbocycles. The standard InChI is InChI=1S/C19H19ClN2O4/c1-24-9-10-25-17-8-7-14(11-15(17)20)21-19(23)16-12-18(26-22-16)13-5-3-2-4-6-13/h2-8,11,18H,9-10,12H2,1H3,(H,21,23). The number of oxime groups is 1. The molecule has 0 radical (unpaired) electrons. The van der Waals surface area contributed by atoms with Gasteiger partial charge in [0.25, 0.3) is 5.91 Å². The highest BCUT2D eigenvalue weighted by Crippen LogP contribution is 2.29. The molecule has 1 aliphatic heterocycles. The van der Waals surface area contributed by atoms with Crippen molar-refractivity contribution in [3.05, 3.63) is 59.1 Å². The molecule has 136 valence electrons. The summed E-state index contributed by atoms with van der Waals surface area (Å²) in [6, 6.07) is 14.7. The first kappa shape index (κ1) is 18.2. The Bertz CT molecular complexity index is 795. The molecule has 0 spiro atoms. The number of rotatable bonds is 7. The van der Waals surface area contributed by atoms with E-state index in [0.29, 0.717) is 41.8 Å². The lowest BCUT2D eigenvalue weighted by Crippen LogP contribution is -2.21. The average Bonchev–Trinajstić information content (AvgIpc) is 3.15. The highest BCUT2D eigenvalue weighted by molar-refractivity contribution is 6.43. The Kier molecular flexibility index (Phi) is 6.09. The van der Waals surface area contributed by atoms with Crippen LogP contribution in [-0.4, -0.2) is 31.9 Å². The topological polar surface area (TPSA) is 69.2 Å². The fraction of sp³-hybridized carbons (Fsp3) is 0.263. The van der Waals surface area contributed by atoms with E-state index in [2.05, 4.69) is 10.5 Å². The van der Waals surface area contributed by atoms with Crippen LogP contribution in [0.2, 0.25) is 5.02 Å². The number of ether oxygens (including phenoxy) is 2. The molecule has 0 aliphatic carbocycles. The number of amides is 1. The number of nitrogens with one attached hydrogen (secondary N) is 1. The Morgan fingerprint density at radius 1 is 1.27 bits per heavy atom. The van der Waals surface area contributed by atoms with Gasteiger partial charge in [0.05, 0.1) is 11.6 Å². The summed E-state index contributed by atoms with van der Waals surface area (Å²) in [4.78, 5) is 17.8. The number of carbonyl (C=O) groups excluding carboxylic acids is 1. The lowest BCUT2D eigenvalue weighted by Gasteiger charge is -2.10. The normalized spacial score (nSPS) is 15.9. The van der Waals surface area contributed by atoms with Crippen molar-refractivity contribution in [2.24, 2.45) is 5.16 Å². The van der Waals surface area contributed by atoms with Gasteiger partial charge in [-0.1, -0.05) is 47.1 Å². The molecule has 26 heavy (non-hydrogen) atoms. The van der Waals surface area contributed by atoms with Crippen molar-refractivity contribution >= 4 is 28.9 Å². The van der Waals surface area contributed by atoms with Gasteiger partial charge in [0.15, 0.2) is 6.10 Å². The van der Waals surface area contributed by atoms with Crippen molar-refractivity contribution in [1.82, 2.24) is 0 Å². The molecule has 3 rings (SSSR count). The Labute approximate surface area is 156 Å². The van der Waals surface area contributed by atoms with E-state index >= 15 is 0 Å². The lowest BCUT2D eigenvalue weighted by molar-refractivity contribution is -0.110. The summed E-state index contributed by atoms with van der Waals surface area (Å²) in [5, 5.41) is 7.10. The van der Waals surface area contributed by atoms with Gasteiger partial charge >= 0.3 is 0 Å². The van der Waals surface area contributed by atoms with E-state index < -0.39 is 0 Å². The largest absolute Gasteiger partial charge is 0.490 e. The minimum atomic E-state index is -0.312. The molecule has 1 N–H and O–H groups in total. The first-order valence-electron chi connectivity index (χ1n) is 8.17. The van der Waals surface area contributed by atoms with Crippen LogP contribution >= 0.6 is 11.6 Å². The van der Waals surface area contributed by atoms with Crippen LogP contribution < -0.4 is 10.1 Å². The second kappa shape index (κ2) is 8.69. The van der Waals surface area contributed by atoms with E-state index in [1.54, 1.807) is 25.3 Å². The van der Waals surface area contributed by atoms with Crippen LogP contribution in [0.3, 0.4) is 0 Å². The lowest BCUT2D eigenvalue weighted by atomic mass is 10.0. The Morgan fingerprint density at radius 3 is 2.81 bits per heavy atom. The van der Waals surface area contributed by atoms with E-state index in [-0.39, 0.29) is 12.0 Å². The van der Waals surface area contributed by atoms with Crippen molar-refractivity contribution in [3.63, 3.8) is 0 Å². The van der Waals surface area contributed by atoms with Crippen molar-refractivity contribution in [1.29, 1.82) is 0 Å². The third-order valence-electron chi connectivity index (χ3n) is 3.84. The second-order valence-corrected chi connectivity index (χ2v) is 6.09. The summed E-state index contributed by atoms with van der Waals surface area (Å²) in [6.45, 7) is 0.869. The van der Waals surface area contributed by atoms with Gasteiger partial charge in [-0.15, -0.1) is 0 Å². The molecule has 1 aliphatic rings. The average molecular weight is 375 g/mol. The number of hydrogen-bond donors (Lipinski definition) is 1. The van der Waals surface area contributed by atoms with Gasteiger partial charge < -0.3 is 19.6 Å². The van der Waals surface area contributed by atoms with Gasteiger partial charge in [-0.3, -0.25) is 4.79 Å². The fourth-order valence-corrected chi connectivity index (χ4v) is 2.73. The molecule has 6 nitrogen and oxygen atoms in total. The maximum atomic E-state index is 12.4. The van der Waals surface area contributed by atoms with Crippen LogP contribution in [0.15, 0.2) is 53.7 Å². The quantitative estimate of drug-likeness (QED) is 0.748. The third kappa shape index (κ3) is 4.53. The van der Waals surface area contributed by atoms with Crippen LogP contribution in [0.5, 0.6) is 5.75 Å². The molecule has 1 heterocycles. The van der Waals surface area contributed by atoms with Gasteiger partial charge in [0, 0.05) is 19.2 Å². The first-order valence-corrected chi connectivity index (χ1v) is 8.55. The maximum absolute atomic E-state index is 12.4. The Morgan fingerprint density at radius 2 is 2.08 bits per heavy atom. The predicted molar refractivity (Wildman–Crippen MR) is 99.8 cm³/mol. The second-order valence-electron chi connectivity index (χ2n) is 5.69. The number of nitrogens with zero attached hydrogens (tertiary/aromatic N) is 1. The summed E-state index contributed by atoms with van der Waals surface area (Å²) in [7, 11) is 1.60. The molecule has 0 aromatic heterocycles. The number of benzene rings is 2. The monoisotopic (exact) mass is 374 g/mol. The molecule has 1 atom stereocenters. The van der Waals surface area contributed by atoms with Crippen LogP contribution in [-0.2, 0) is 14.4 Å². The Balaban J connectivity index is 1.57. The number of hydrogen-bond acceptors (Lipinski definition) is 5. The molecule has 0 fully saturated rings. The molecule has 0 saturated heterocycles. The third-order valence-corrected chi connectivity index (χ3v) is 4.13. The van der Waals surface area contributed by atoms with Crippen molar-refractivity contribution in [3.8, 4) is 5.75 Å². The highest BCUT2D eigenvalue weighted by atomic mass is 35.5. The van der Waals surface area contributed by atoms with Crippen LogP contribution in [0, 0.1) is 0 Å². The van der Waals surface area contributed by atoms with Gasteiger partial charge in [-0.2, -0.15) is 0 Å². The molecule has 0 bridgehead atoms. The molecule has 7 heteroatoms. The van der Waals surface area contributed by atoms with Crippen molar-refractivity contribution in [2.75, 3.05) is 25.6 Å². The zero-order valence-electron chi connectivity index (χ0n) is 14.3. The molecule has 1 unspecified atom stereocenters. The van der Waals surface area contributed by atoms with Gasteiger partial charge in [0.1, 0.15) is 18.1 Å². The summed E-state index contributed by atoms with van der Waals surface area (Å²) in [6.07, 6.45) is 0.180. The first-order chi connectivity index (χ1) is 12.7. The summed E-state index contributed by atoms with van der Waals surface area (Å²) >= 11 is 6.18. The number of anilines is 1. The molecular weight excluding hydrogens is 356 g/mol. The minimum Gasteiger partial charge on any atom is -0.490 e. The maximum Gasteiger partial charge on any atom is 0.273 e. The van der Waals surface area contributed by atoms with Crippen molar-refractivity contribution in [2.45, 2.75) is 12.5 Å². The van der Waals surface area contributed by atoms with E-state index in [1.807, 2.05) is 30.3 Å². The SMILES string of the molecule is COCCOc1ccc(NC(=O)C2=NOC(c3ccccc3)C2)cc1Cl. The van der Waals surface area contributed by atoms with Crippen molar-refractivity contribution < 1.29 is 19.1 Å². The van der Waals surface area contributed by atoms with E-state index in [0.717, 1.165) is 5.56 Å². The Hall–Kier alpha value is -2.57. The molecule has 1 amide bonds.